The zero-order valence-corrected chi connectivity index (χ0v) is 12.4. The molecule has 0 aliphatic carbocycles. The number of carbonyl (C=O) groups excluding carboxylic acids is 2. The number of hydrogen-bond donors (Lipinski definition) is 0. The molecule has 2 aromatic rings. The summed E-state index contributed by atoms with van der Waals surface area (Å²) in [6.07, 6.45) is 2.30. The third kappa shape index (κ3) is 3.65. The van der Waals surface area contributed by atoms with Crippen molar-refractivity contribution in [2.45, 2.75) is 12.8 Å². The predicted octanol–water partition coefficient (Wildman–Crippen LogP) is 1.12. The second-order valence-corrected chi connectivity index (χ2v) is 5.27. The molecule has 0 spiro atoms. The highest BCUT2D eigenvalue weighted by Crippen LogP contribution is 2.20. The molecule has 112 valence electrons. The fourth-order valence-electron chi connectivity index (χ4n) is 1.62. The summed E-state index contributed by atoms with van der Waals surface area (Å²) in [6, 6.07) is 4.43. The van der Waals surface area contributed by atoms with E-state index in [0.717, 1.165) is 18.1 Å². The maximum atomic E-state index is 12.0. The van der Waals surface area contributed by atoms with Crippen LogP contribution in [-0.2, 0) is 9.53 Å². The van der Waals surface area contributed by atoms with Gasteiger partial charge in [-0.05, 0) is 6.92 Å². The Morgan fingerprint density at radius 1 is 1.50 bits per heavy atom. The lowest BCUT2D eigenvalue weighted by Crippen LogP contribution is -2.25. The van der Waals surface area contributed by atoms with Gasteiger partial charge in [0.1, 0.15) is 5.01 Å². The van der Waals surface area contributed by atoms with E-state index in [0.29, 0.717) is 9.74 Å². The molecule has 0 aliphatic rings. The minimum Gasteiger partial charge on any atom is -0.619 e. The van der Waals surface area contributed by atoms with E-state index in [4.69, 9.17) is 10.00 Å². The SMILES string of the molecule is Cc1csc([C@H](C#N)C(=O)COC(=O)c2cc[n+]([O-])cc2)n1. The van der Waals surface area contributed by atoms with E-state index < -0.39 is 24.3 Å². The van der Waals surface area contributed by atoms with Crippen LogP contribution in [-0.4, -0.2) is 23.3 Å². The zero-order valence-electron chi connectivity index (χ0n) is 11.6. The summed E-state index contributed by atoms with van der Waals surface area (Å²) in [7, 11) is 0. The first-order valence-electron chi connectivity index (χ1n) is 6.21. The summed E-state index contributed by atoms with van der Waals surface area (Å²) >= 11 is 1.21. The van der Waals surface area contributed by atoms with Crippen LogP contribution in [0.15, 0.2) is 29.9 Å². The van der Waals surface area contributed by atoms with Gasteiger partial charge in [-0.3, -0.25) is 4.79 Å². The fraction of sp³-hybridized carbons (Fsp3) is 0.214. The minimum atomic E-state index is -1.05. The van der Waals surface area contributed by atoms with Crippen LogP contribution in [0, 0.1) is 23.5 Å². The number of hydrogen-bond acceptors (Lipinski definition) is 7. The minimum absolute atomic E-state index is 0.151. The van der Waals surface area contributed by atoms with Crippen LogP contribution in [0.4, 0.5) is 0 Å². The molecule has 8 heteroatoms. The first-order chi connectivity index (χ1) is 10.5. The van der Waals surface area contributed by atoms with Crippen LogP contribution >= 0.6 is 11.3 Å². The van der Waals surface area contributed by atoms with Crippen molar-refractivity contribution in [2.24, 2.45) is 0 Å². The molecule has 0 unspecified atom stereocenters. The summed E-state index contributed by atoms with van der Waals surface area (Å²) in [5.74, 6) is -2.33. The molecule has 2 heterocycles. The van der Waals surface area contributed by atoms with Crippen LogP contribution in [0.2, 0.25) is 0 Å². The third-order valence-corrected chi connectivity index (χ3v) is 3.75. The Morgan fingerprint density at radius 3 is 2.73 bits per heavy atom. The molecule has 0 fully saturated rings. The molecule has 0 radical (unpaired) electrons. The highest BCUT2D eigenvalue weighted by Gasteiger charge is 2.24. The van der Waals surface area contributed by atoms with Gasteiger partial charge in [0.05, 0.1) is 11.6 Å². The summed E-state index contributed by atoms with van der Waals surface area (Å²) in [4.78, 5) is 27.8. The number of rotatable bonds is 5. The van der Waals surface area contributed by atoms with Gasteiger partial charge in [0.15, 0.2) is 30.7 Å². The summed E-state index contributed by atoms with van der Waals surface area (Å²) in [6.45, 7) is 1.23. The second-order valence-electron chi connectivity index (χ2n) is 4.38. The number of nitriles is 1. The maximum absolute atomic E-state index is 12.0. The standard InChI is InChI=1S/C14H11N3O4S/c1-9-8-22-13(16-9)11(6-15)12(18)7-21-14(19)10-2-4-17(20)5-3-10/h2-5,8,11H,7H2,1H3/t11-/m1/s1. The van der Waals surface area contributed by atoms with Crippen molar-refractivity contribution in [3.05, 3.63) is 51.4 Å². The van der Waals surface area contributed by atoms with E-state index in [1.54, 1.807) is 12.3 Å². The largest absolute Gasteiger partial charge is 0.619 e. The number of carbonyl (C=O) groups is 2. The number of aryl methyl sites for hydroxylation is 1. The van der Waals surface area contributed by atoms with E-state index in [2.05, 4.69) is 4.98 Å². The molecule has 0 saturated carbocycles. The van der Waals surface area contributed by atoms with Crippen molar-refractivity contribution in [3.63, 3.8) is 0 Å². The lowest BCUT2D eigenvalue weighted by Gasteiger charge is -2.06. The molecule has 0 aromatic carbocycles. The van der Waals surface area contributed by atoms with E-state index in [9.17, 15) is 14.8 Å². The van der Waals surface area contributed by atoms with Crippen LogP contribution in [0.5, 0.6) is 0 Å². The highest BCUT2D eigenvalue weighted by atomic mass is 32.1. The van der Waals surface area contributed by atoms with Gasteiger partial charge in [-0.1, -0.05) is 0 Å². The molecule has 0 amide bonds. The number of aromatic nitrogens is 2. The van der Waals surface area contributed by atoms with Gasteiger partial charge in [-0.2, -0.15) is 9.99 Å². The van der Waals surface area contributed by atoms with Crippen molar-refractivity contribution in [3.8, 4) is 6.07 Å². The highest BCUT2D eigenvalue weighted by molar-refractivity contribution is 7.09. The van der Waals surface area contributed by atoms with E-state index in [-0.39, 0.29) is 5.56 Å². The first-order valence-corrected chi connectivity index (χ1v) is 7.09. The third-order valence-electron chi connectivity index (χ3n) is 2.72. The lowest BCUT2D eigenvalue weighted by molar-refractivity contribution is -0.605. The number of thiazole rings is 1. The molecule has 2 aromatic heterocycles. The quantitative estimate of drug-likeness (QED) is 0.464. The summed E-state index contributed by atoms with van der Waals surface area (Å²) in [5, 5.41) is 22.1. The van der Waals surface area contributed by atoms with Crippen molar-refractivity contribution >= 4 is 23.1 Å². The predicted molar refractivity (Wildman–Crippen MR) is 75.9 cm³/mol. The fourth-order valence-corrected chi connectivity index (χ4v) is 2.48. The van der Waals surface area contributed by atoms with Crippen LogP contribution in [0.1, 0.15) is 27.0 Å². The molecule has 0 bridgehead atoms. The van der Waals surface area contributed by atoms with E-state index >= 15 is 0 Å². The molecule has 22 heavy (non-hydrogen) atoms. The molecule has 2 rings (SSSR count). The van der Waals surface area contributed by atoms with Gasteiger partial charge in [-0.15, -0.1) is 11.3 Å². The van der Waals surface area contributed by atoms with Crippen LogP contribution in [0.25, 0.3) is 0 Å². The summed E-state index contributed by atoms with van der Waals surface area (Å²) < 4.78 is 5.39. The van der Waals surface area contributed by atoms with Gasteiger partial charge in [0, 0.05) is 23.2 Å². The van der Waals surface area contributed by atoms with E-state index in [1.807, 2.05) is 6.07 Å². The molecule has 0 N–H and O–H groups in total. The zero-order chi connectivity index (χ0) is 16.1. The Kier molecular flexibility index (Phi) is 4.80. The van der Waals surface area contributed by atoms with Gasteiger partial charge in [0.25, 0.3) is 0 Å². The normalized spacial score (nSPS) is 11.5. The van der Waals surface area contributed by atoms with Crippen molar-refractivity contribution in [2.75, 3.05) is 6.61 Å². The lowest BCUT2D eigenvalue weighted by atomic mass is 10.1. The number of nitrogens with zero attached hydrogens (tertiary/aromatic N) is 3. The average Bonchev–Trinajstić information content (AvgIpc) is 2.92. The number of esters is 1. The smallest absolute Gasteiger partial charge is 0.339 e. The van der Waals surface area contributed by atoms with Gasteiger partial charge in [-0.25, -0.2) is 9.78 Å². The number of pyridine rings is 1. The monoisotopic (exact) mass is 317 g/mol. The number of ketones is 1. The Bertz CT molecular complexity index is 733. The van der Waals surface area contributed by atoms with Crippen molar-refractivity contribution < 1.29 is 19.1 Å². The Balaban J connectivity index is 1.98. The van der Waals surface area contributed by atoms with Gasteiger partial charge >= 0.3 is 5.97 Å². The number of Topliss-reactive ketones (excluding diaryl/α,β-unsaturated/α-hetero) is 1. The number of ether oxygens (including phenoxy) is 1. The Labute approximate surface area is 130 Å². The van der Waals surface area contributed by atoms with Gasteiger partial charge in [0.2, 0.25) is 0 Å². The van der Waals surface area contributed by atoms with Crippen molar-refractivity contribution in [1.29, 1.82) is 5.26 Å². The maximum Gasteiger partial charge on any atom is 0.339 e. The van der Waals surface area contributed by atoms with Crippen molar-refractivity contribution in [1.82, 2.24) is 4.98 Å². The molecule has 0 saturated heterocycles. The molecule has 7 nitrogen and oxygen atoms in total. The Hall–Kier alpha value is -2.79. The molecular weight excluding hydrogens is 306 g/mol. The summed E-state index contributed by atoms with van der Waals surface area (Å²) in [5.41, 5.74) is 0.874. The Morgan fingerprint density at radius 2 is 2.18 bits per heavy atom. The molecule has 1 atom stereocenters. The molecular formula is C14H11N3O4S. The van der Waals surface area contributed by atoms with Gasteiger partial charge < -0.3 is 9.94 Å². The van der Waals surface area contributed by atoms with Crippen LogP contribution < -0.4 is 4.73 Å². The van der Waals surface area contributed by atoms with Crippen LogP contribution in [0.3, 0.4) is 0 Å². The van der Waals surface area contributed by atoms with E-state index in [1.165, 1.54) is 23.5 Å². The topological polar surface area (TPSA) is 107 Å². The second kappa shape index (κ2) is 6.78. The first kappa shape index (κ1) is 15.6. The average molecular weight is 317 g/mol. The molecule has 0 aliphatic heterocycles.